The predicted molar refractivity (Wildman–Crippen MR) is 54.5 cm³/mol. The summed E-state index contributed by atoms with van der Waals surface area (Å²) in [4.78, 5) is 0. The normalized spacial score (nSPS) is 14.2. The molecule has 0 unspecified atom stereocenters. The number of aliphatic hydroxyl groups is 1. The summed E-state index contributed by atoms with van der Waals surface area (Å²) in [6.45, 7) is 3.49. The molecule has 1 aromatic rings. The number of hydrogen-bond acceptors (Lipinski definition) is 2. The summed E-state index contributed by atoms with van der Waals surface area (Å²) >= 11 is 0. The number of fused-ring (bicyclic) bond motifs is 1. The summed E-state index contributed by atoms with van der Waals surface area (Å²) in [6.07, 6.45) is 3.39. The maximum absolute atomic E-state index is 9.26. The highest BCUT2D eigenvalue weighted by molar-refractivity contribution is 5.71. The molecule has 1 aliphatic carbocycles. The smallest absolute Gasteiger partial charge is 0.117 e. The van der Waals surface area contributed by atoms with Gasteiger partial charge in [0, 0.05) is 11.3 Å². The molecule has 0 heterocycles. The van der Waals surface area contributed by atoms with Crippen molar-refractivity contribution in [2.24, 2.45) is 0 Å². The molecule has 0 radical (unpaired) electrons. The number of nitrogen functional groups attached to an aromatic ring is 1. The summed E-state index contributed by atoms with van der Waals surface area (Å²) < 4.78 is 0. The van der Waals surface area contributed by atoms with E-state index in [0.29, 0.717) is 11.3 Å². The van der Waals surface area contributed by atoms with Gasteiger partial charge in [-0.05, 0) is 42.5 Å². The van der Waals surface area contributed by atoms with Gasteiger partial charge in [0.25, 0.3) is 0 Å². The van der Waals surface area contributed by atoms with Crippen LogP contribution in [-0.2, 0) is 12.8 Å². The lowest BCUT2D eigenvalue weighted by Crippen LogP contribution is -1.96. The van der Waals surface area contributed by atoms with Crippen molar-refractivity contribution >= 4 is 11.4 Å². The summed E-state index contributed by atoms with van der Waals surface area (Å²) in [7, 11) is 0. The first kappa shape index (κ1) is 8.17. The highest BCUT2D eigenvalue weighted by Gasteiger charge is 2.14. The monoisotopic (exact) mass is 175 g/mol. The van der Waals surface area contributed by atoms with Crippen LogP contribution < -0.4 is 5.73 Å². The Bertz CT molecular complexity index is 369. The number of aliphatic hydroxyl groups excluding tert-OH is 1. The number of anilines is 1. The molecule has 0 saturated heterocycles. The third kappa shape index (κ3) is 1.28. The van der Waals surface area contributed by atoms with E-state index < -0.39 is 0 Å². The minimum atomic E-state index is 0.0622. The van der Waals surface area contributed by atoms with Gasteiger partial charge in [-0.2, -0.15) is 0 Å². The van der Waals surface area contributed by atoms with Gasteiger partial charge in [-0.3, -0.25) is 0 Å². The Labute approximate surface area is 77.7 Å². The molecule has 0 fully saturated rings. The zero-order chi connectivity index (χ0) is 9.42. The van der Waals surface area contributed by atoms with Gasteiger partial charge >= 0.3 is 0 Å². The number of nitrogens with two attached hydrogens (primary N) is 1. The topological polar surface area (TPSA) is 46.2 Å². The Balaban J connectivity index is 2.55. The Kier molecular flexibility index (Phi) is 1.76. The van der Waals surface area contributed by atoms with Crippen LogP contribution in [0.25, 0.3) is 5.76 Å². The van der Waals surface area contributed by atoms with E-state index in [1.807, 2.05) is 12.1 Å². The zero-order valence-electron chi connectivity index (χ0n) is 7.51. The first-order chi connectivity index (χ1) is 6.18. The SMILES string of the molecule is C=C(O)c1cc2c(cc1N)CCC2. The van der Waals surface area contributed by atoms with Crippen LogP contribution in [0.4, 0.5) is 5.69 Å². The van der Waals surface area contributed by atoms with E-state index in [-0.39, 0.29) is 5.76 Å². The molecule has 0 bridgehead atoms. The van der Waals surface area contributed by atoms with E-state index >= 15 is 0 Å². The van der Waals surface area contributed by atoms with Crippen LogP contribution in [0.3, 0.4) is 0 Å². The molecule has 0 spiro atoms. The molecule has 1 aromatic carbocycles. The maximum atomic E-state index is 9.26. The predicted octanol–water partition coefficient (Wildman–Crippen LogP) is 2.29. The summed E-state index contributed by atoms with van der Waals surface area (Å²) in [5, 5.41) is 9.26. The molecular weight excluding hydrogens is 162 g/mol. The van der Waals surface area contributed by atoms with Gasteiger partial charge in [0.1, 0.15) is 5.76 Å². The lowest BCUT2D eigenvalue weighted by molar-refractivity contribution is 0.514. The summed E-state index contributed by atoms with van der Waals surface area (Å²) in [5.41, 5.74) is 9.71. The molecule has 0 atom stereocenters. The fourth-order valence-electron chi connectivity index (χ4n) is 1.89. The molecule has 3 N–H and O–H groups in total. The van der Waals surface area contributed by atoms with E-state index in [9.17, 15) is 5.11 Å². The summed E-state index contributed by atoms with van der Waals surface area (Å²) in [5.74, 6) is 0.0622. The number of hydrogen-bond donors (Lipinski definition) is 2. The maximum Gasteiger partial charge on any atom is 0.117 e. The van der Waals surface area contributed by atoms with Crippen molar-refractivity contribution < 1.29 is 5.11 Å². The molecule has 2 heteroatoms. The highest BCUT2D eigenvalue weighted by atomic mass is 16.3. The van der Waals surface area contributed by atoms with Crippen LogP contribution in [-0.4, -0.2) is 5.11 Å². The quantitative estimate of drug-likeness (QED) is 0.508. The van der Waals surface area contributed by atoms with Crippen molar-refractivity contribution in [2.75, 3.05) is 5.73 Å². The lowest BCUT2D eigenvalue weighted by atomic mass is 10.0. The van der Waals surface area contributed by atoms with Crippen LogP contribution in [0.15, 0.2) is 18.7 Å². The molecule has 1 aliphatic rings. The fourth-order valence-corrected chi connectivity index (χ4v) is 1.89. The van der Waals surface area contributed by atoms with Crippen molar-refractivity contribution in [3.05, 3.63) is 35.4 Å². The molecule has 13 heavy (non-hydrogen) atoms. The Morgan fingerprint density at radius 2 is 1.92 bits per heavy atom. The lowest BCUT2D eigenvalue weighted by Gasteiger charge is -2.07. The fraction of sp³-hybridized carbons (Fsp3) is 0.273. The van der Waals surface area contributed by atoms with Gasteiger partial charge < -0.3 is 10.8 Å². The zero-order valence-corrected chi connectivity index (χ0v) is 7.51. The molecule has 0 amide bonds. The molecular formula is C11H13NO. The van der Waals surface area contributed by atoms with Gasteiger partial charge in [-0.25, -0.2) is 0 Å². The Morgan fingerprint density at radius 1 is 1.31 bits per heavy atom. The van der Waals surface area contributed by atoms with Crippen molar-refractivity contribution in [3.8, 4) is 0 Å². The van der Waals surface area contributed by atoms with Gasteiger partial charge in [-0.15, -0.1) is 0 Å². The second-order valence-electron chi connectivity index (χ2n) is 3.51. The van der Waals surface area contributed by atoms with E-state index in [4.69, 9.17) is 5.73 Å². The average Bonchev–Trinajstić information content (AvgIpc) is 2.48. The van der Waals surface area contributed by atoms with Crippen LogP contribution in [0, 0.1) is 0 Å². The van der Waals surface area contributed by atoms with E-state index in [2.05, 4.69) is 6.58 Å². The minimum Gasteiger partial charge on any atom is -0.508 e. The van der Waals surface area contributed by atoms with Gasteiger partial charge in [-0.1, -0.05) is 6.58 Å². The molecule has 0 aliphatic heterocycles. The Morgan fingerprint density at radius 3 is 2.54 bits per heavy atom. The molecule has 2 nitrogen and oxygen atoms in total. The Hall–Kier alpha value is -1.44. The molecule has 68 valence electrons. The van der Waals surface area contributed by atoms with Crippen LogP contribution in [0.2, 0.25) is 0 Å². The standard InChI is InChI=1S/C11H13NO/c1-7(13)10-5-8-3-2-4-9(8)6-11(10)12/h5-6,13H,1-4,12H2. The van der Waals surface area contributed by atoms with Crippen molar-refractivity contribution in [1.82, 2.24) is 0 Å². The first-order valence-corrected chi connectivity index (χ1v) is 4.48. The van der Waals surface area contributed by atoms with Crippen LogP contribution in [0.1, 0.15) is 23.1 Å². The summed E-state index contributed by atoms with van der Waals surface area (Å²) in [6, 6.07) is 3.92. The van der Waals surface area contributed by atoms with Crippen LogP contribution in [0.5, 0.6) is 0 Å². The van der Waals surface area contributed by atoms with Gasteiger partial charge in [0.15, 0.2) is 0 Å². The highest BCUT2D eigenvalue weighted by Crippen LogP contribution is 2.29. The first-order valence-electron chi connectivity index (χ1n) is 4.48. The van der Waals surface area contributed by atoms with Gasteiger partial charge in [0.2, 0.25) is 0 Å². The number of benzene rings is 1. The van der Waals surface area contributed by atoms with Crippen molar-refractivity contribution in [2.45, 2.75) is 19.3 Å². The number of aryl methyl sites for hydroxylation is 2. The minimum absolute atomic E-state index is 0.0622. The number of rotatable bonds is 1. The van der Waals surface area contributed by atoms with E-state index in [1.165, 1.54) is 17.5 Å². The third-order valence-electron chi connectivity index (χ3n) is 2.57. The van der Waals surface area contributed by atoms with Crippen LogP contribution >= 0.6 is 0 Å². The second-order valence-corrected chi connectivity index (χ2v) is 3.51. The molecule has 0 aromatic heterocycles. The van der Waals surface area contributed by atoms with E-state index in [1.54, 1.807) is 0 Å². The van der Waals surface area contributed by atoms with Crippen molar-refractivity contribution in [3.63, 3.8) is 0 Å². The molecule has 2 rings (SSSR count). The largest absolute Gasteiger partial charge is 0.508 e. The van der Waals surface area contributed by atoms with Crippen molar-refractivity contribution in [1.29, 1.82) is 0 Å². The average molecular weight is 175 g/mol. The van der Waals surface area contributed by atoms with Gasteiger partial charge in [0.05, 0.1) is 0 Å². The van der Waals surface area contributed by atoms with E-state index in [0.717, 1.165) is 12.8 Å². The molecule has 0 saturated carbocycles. The second kappa shape index (κ2) is 2.80. The third-order valence-corrected chi connectivity index (χ3v) is 2.57.